The zero-order chi connectivity index (χ0) is 24.0. The van der Waals surface area contributed by atoms with Crippen LogP contribution in [0.1, 0.15) is 16.8 Å². The van der Waals surface area contributed by atoms with E-state index in [1.54, 1.807) is 12.5 Å². The van der Waals surface area contributed by atoms with Crippen molar-refractivity contribution in [2.24, 2.45) is 5.92 Å². The summed E-state index contributed by atoms with van der Waals surface area (Å²) in [5, 5.41) is 17.7. The SMILES string of the molecule is O=C(NC(CO)Cc1c[nH]cn1)C(Cc1cccc2ccccc12)Cc1cccc2ccccc12. The number of fused-ring (bicyclic) bond motifs is 2. The molecule has 0 aliphatic rings. The first-order valence-corrected chi connectivity index (χ1v) is 12.0. The molecule has 176 valence electrons. The number of hydrogen-bond donors (Lipinski definition) is 3. The van der Waals surface area contributed by atoms with Crippen LogP contribution in [-0.4, -0.2) is 33.6 Å². The molecule has 1 heterocycles. The summed E-state index contributed by atoms with van der Waals surface area (Å²) in [6, 6.07) is 28.7. The van der Waals surface area contributed by atoms with Gasteiger partial charge in [-0.1, -0.05) is 84.9 Å². The standard InChI is InChI=1S/C30H29N3O2/c34-19-27(17-26-18-31-20-32-26)33-30(35)25(15-23-11-5-9-21-7-1-3-13-28(21)23)16-24-12-6-10-22-8-2-4-14-29(22)24/h1-14,18,20,25,27,34H,15-17,19H2,(H,31,32)(H,33,35). The Kier molecular flexibility index (Phi) is 6.87. The number of H-pyrrole nitrogens is 1. The third-order valence-electron chi connectivity index (χ3n) is 6.64. The second kappa shape index (κ2) is 10.5. The van der Waals surface area contributed by atoms with Gasteiger partial charge in [0, 0.05) is 18.5 Å². The highest BCUT2D eigenvalue weighted by atomic mass is 16.3. The monoisotopic (exact) mass is 463 g/mol. The van der Waals surface area contributed by atoms with Crippen molar-refractivity contribution in [3.63, 3.8) is 0 Å². The zero-order valence-corrected chi connectivity index (χ0v) is 19.5. The van der Waals surface area contributed by atoms with Crippen LogP contribution in [-0.2, 0) is 24.1 Å². The lowest BCUT2D eigenvalue weighted by Gasteiger charge is -2.22. The Labute approximate surface area is 204 Å². The van der Waals surface area contributed by atoms with E-state index in [0.29, 0.717) is 19.3 Å². The van der Waals surface area contributed by atoms with Crippen molar-refractivity contribution in [1.82, 2.24) is 15.3 Å². The maximum atomic E-state index is 13.7. The number of nitrogens with one attached hydrogen (secondary N) is 2. The summed E-state index contributed by atoms with van der Waals surface area (Å²) in [6.45, 7) is -0.145. The van der Waals surface area contributed by atoms with Crippen molar-refractivity contribution >= 4 is 27.5 Å². The maximum Gasteiger partial charge on any atom is 0.224 e. The number of carbonyl (C=O) groups excluding carboxylic acids is 1. The van der Waals surface area contributed by atoms with Crippen molar-refractivity contribution in [3.05, 3.63) is 114 Å². The summed E-state index contributed by atoms with van der Waals surface area (Å²) in [4.78, 5) is 20.8. The number of imidazole rings is 1. The molecule has 0 radical (unpaired) electrons. The van der Waals surface area contributed by atoms with Gasteiger partial charge in [0.25, 0.3) is 0 Å². The molecule has 0 aliphatic heterocycles. The van der Waals surface area contributed by atoms with Crippen molar-refractivity contribution in [2.75, 3.05) is 6.61 Å². The van der Waals surface area contributed by atoms with E-state index in [-0.39, 0.29) is 18.4 Å². The largest absolute Gasteiger partial charge is 0.394 e. The Morgan fingerprint density at radius 1 is 0.800 bits per heavy atom. The summed E-state index contributed by atoms with van der Waals surface area (Å²) >= 11 is 0. The van der Waals surface area contributed by atoms with Crippen LogP contribution in [0, 0.1) is 5.92 Å². The highest BCUT2D eigenvalue weighted by Gasteiger charge is 2.24. The molecule has 4 aromatic carbocycles. The number of aliphatic hydroxyl groups is 1. The Morgan fingerprint density at radius 3 is 1.91 bits per heavy atom. The molecule has 5 nitrogen and oxygen atoms in total. The van der Waals surface area contributed by atoms with Gasteiger partial charge in [-0.3, -0.25) is 4.79 Å². The topological polar surface area (TPSA) is 78.0 Å². The van der Waals surface area contributed by atoms with Gasteiger partial charge in [0.05, 0.1) is 24.7 Å². The smallest absolute Gasteiger partial charge is 0.224 e. The van der Waals surface area contributed by atoms with Gasteiger partial charge in [-0.2, -0.15) is 0 Å². The molecular weight excluding hydrogens is 434 g/mol. The van der Waals surface area contributed by atoms with E-state index in [1.807, 2.05) is 24.3 Å². The number of amides is 1. The molecule has 0 bridgehead atoms. The molecule has 0 aliphatic carbocycles. The van der Waals surface area contributed by atoms with Crippen molar-refractivity contribution in [1.29, 1.82) is 0 Å². The number of rotatable bonds is 9. The fourth-order valence-corrected chi connectivity index (χ4v) is 4.86. The Morgan fingerprint density at radius 2 is 1.37 bits per heavy atom. The third kappa shape index (κ3) is 5.26. The number of hydrogen-bond acceptors (Lipinski definition) is 3. The molecule has 35 heavy (non-hydrogen) atoms. The highest BCUT2D eigenvalue weighted by Crippen LogP contribution is 2.26. The van der Waals surface area contributed by atoms with E-state index in [2.05, 4.69) is 75.9 Å². The molecule has 0 saturated carbocycles. The van der Waals surface area contributed by atoms with Gasteiger partial charge >= 0.3 is 0 Å². The minimum absolute atomic E-state index is 0.0551. The number of carbonyl (C=O) groups is 1. The second-order valence-corrected chi connectivity index (χ2v) is 9.03. The minimum Gasteiger partial charge on any atom is -0.394 e. The van der Waals surface area contributed by atoms with Crippen LogP contribution in [0.2, 0.25) is 0 Å². The average molecular weight is 464 g/mol. The summed E-state index contributed by atoms with van der Waals surface area (Å²) < 4.78 is 0. The third-order valence-corrected chi connectivity index (χ3v) is 6.64. The highest BCUT2D eigenvalue weighted by molar-refractivity contribution is 5.88. The van der Waals surface area contributed by atoms with Crippen LogP contribution in [0.3, 0.4) is 0 Å². The van der Waals surface area contributed by atoms with E-state index < -0.39 is 6.04 Å². The number of nitrogens with zero attached hydrogens (tertiary/aromatic N) is 1. The van der Waals surface area contributed by atoms with Gasteiger partial charge in [-0.05, 0) is 45.5 Å². The Bertz CT molecular complexity index is 1340. The molecule has 5 heteroatoms. The fraction of sp³-hybridized carbons (Fsp3) is 0.200. The van der Waals surface area contributed by atoms with Gasteiger partial charge in [0.2, 0.25) is 5.91 Å². The quantitative estimate of drug-likeness (QED) is 0.293. The normalized spacial score (nSPS) is 12.3. The molecule has 5 rings (SSSR count). The molecule has 3 N–H and O–H groups in total. The van der Waals surface area contributed by atoms with Gasteiger partial charge in [0.15, 0.2) is 0 Å². The molecule has 1 amide bonds. The number of aliphatic hydroxyl groups excluding tert-OH is 1. The number of benzene rings is 4. The van der Waals surface area contributed by atoms with Crippen molar-refractivity contribution in [2.45, 2.75) is 25.3 Å². The first-order valence-electron chi connectivity index (χ1n) is 12.0. The van der Waals surface area contributed by atoms with Crippen molar-refractivity contribution < 1.29 is 9.90 Å². The Balaban J connectivity index is 1.46. The molecule has 1 aromatic heterocycles. The molecule has 1 atom stereocenters. The Hall–Kier alpha value is -3.96. The van der Waals surface area contributed by atoms with Crippen LogP contribution in [0.25, 0.3) is 21.5 Å². The van der Waals surface area contributed by atoms with Crippen LogP contribution in [0.4, 0.5) is 0 Å². The predicted molar refractivity (Wildman–Crippen MR) is 140 cm³/mol. The van der Waals surface area contributed by atoms with Gasteiger partial charge in [-0.15, -0.1) is 0 Å². The molecule has 5 aromatic rings. The first kappa shape index (κ1) is 22.8. The van der Waals surface area contributed by atoms with E-state index in [9.17, 15) is 9.90 Å². The average Bonchev–Trinajstić information content (AvgIpc) is 3.41. The summed E-state index contributed by atoms with van der Waals surface area (Å²) in [5.41, 5.74) is 3.11. The molecule has 1 unspecified atom stereocenters. The number of aromatic amines is 1. The molecule has 0 saturated heterocycles. The van der Waals surface area contributed by atoms with Gasteiger partial charge in [0.1, 0.15) is 0 Å². The summed E-state index contributed by atoms with van der Waals surface area (Å²) in [7, 11) is 0. The lowest BCUT2D eigenvalue weighted by Crippen LogP contribution is -2.43. The van der Waals surface area contributed by atoms with Gasteiger partial charge < -0.3 is 15.4 Å². The van der Waals surface area contributed by atoms with E-state index in [0.717, 1.165) is 16.8 Å². The maximum absolute atomic E-state index is 13.7. The summed E-state index contributed by atoms with van der Waals surface area (Å²) in [6.07, 6.45) is 5.09. The van der Waals surface area contributed by atoms with E-state index in [1.165, 1.54) is 21.5 Å². The van der Waals surface area contributed by atoms with E-state index >= 15 is 0 Å². The zero-order valence-electron chi connectivity index (χ0n) is 19.5. The first-order chi connectivity index (χ1) is 17.2. The summed E-state index contributed by atoms with van der Waals surface area (Å²) in [5.74, 6) is -0.347. The van der Waals surface area contributed by atoms with Crippen molar-refractivity contribution in [3.8, 4) is 0 Å². The van der Waals surface area contributed by atoms with E-state index in [4.69, 9.17) is 0 Å². The van der Waals surface area contributed by atoms with Crippen LogP contribution >= 0.6 is 0 Å². The molecule has 0 spiro atoms. The molecular formula is C30H29N3O2. The number of aromatic nitrogens is 2. The van der Waals surface area contributed by atoms with Crippen LogP contribution in [0.5, 0.6) is 0 Å². The van der Waals surface area contributed by atoms with Crippen LogP contribution in [0.15, 0.2) is 97.5 Å². The van der Waals surface area contributed by atoms with Gasteiger partial charge in [-0.25, -0.2) is 4.98 Å². The van der Waals surface area contributed by atoms with Crippen LogP contribution < -0.4 is 5.32 Å². The lowest BCUT2D eigenvalue weighted by atomic mass is 9.87. The fourth-order valence-electron chi connectivity index (χ4n) is 4.86. The molecule has 0 fully saturated rings. The minimum atomic E-state index is -0.395. The second-order valence-electron chi connectivity index (χ2n) is 9.03. The predicted octanol–water partition coefficient (Wildman–Crippen LogP) is 4.84. The lowest BCUT2D eigenvalue weighted by molar-refractivity contribution is -0.126.